The van der Waals surface area contributed by atoms with E-state index >= 15 is 0 Å². The first kappa shape index (κ1) is 16.5. The van der Waals surface area contributed by atoms with Crippen molar-refractivity contribution in [2.75, 3.05) is 24.5 Å². The predicted molar refractivity (Wildman–Crippen MR) is 89.9 cm³/mol. The van der Waals surface area contributed by atoms with Gasteiger partial charge in [-0.05, 0) is 48.4 Å². The van der Waals surface area contributed by atoms with Crippen LogP contribution in [-0.2, 0) is 21.2 Å². The molecule has 0 saturated carbocycles. The number of carbonyl (C=O) groups excluding carboxylic acids is 1. The molecule has 0 spiro atoms. The lowest BCUT2D eigenvalue weighted by Crippen LogP contribution is -2.42. The van der Waals surface area contributed by atoms with Gasteiger partial charge in [0.2, 0.25) is 15.9 Å². The first-order valence-electron chi connectivity index (χ1n) is 8.20. The third-order valence-electron chi connectivity index (χ3n) is 4.80. The van der Waals surface area contributed by atoms with Crippen LogP contribution in [-0.4, -0.2) is 38.3 Å². The number of benzene rings is 1. The quantitative estimate of drug-likeness (QED) is 0.832. The van der Waals surface area contributed by atoms with E-state index in [1.165, 1.54) is 6.92 Å². The number of carbonyl (C=O) groups is 1. The lowest BCUT2D eigenvalue weighted by atomic mass is 9.94. The molecule has 126 valence electrons. The van der Waals surface area contributed by atoms with Crippen molar-refractivity contribution in [1.29, 1.82) is 0 Å². The van der Waals surface area contributed by atoms with Crippen molar-refractivity contribution in [2.24, 2.45) is 11.8 Å². The summed E-state index contributed by atoms with van der Waals surface area (Å²) in [7, 11) is -3.46. The summed E-state index contributed by atoms with van der Waals surface area (Å²) in [6.07, 6.45) is 1.79. The Balaban J connectivity index is 1.91. The fourth-order valence-electron chi connectivity index (χ4n) is 3.82. The Morgan fingerprint density at radius 3 is 2.43 bits per heavy atom. The van der Waals surface area contributed by atoms with Gasteiger partial charge in [-0.1, -0.05) is 13.8 Å². The Kier molecular flexibility index (Phi) is 4.23. The second-order valence-corrected chi connectivity index (χ2v) is 8.92. The summed E-state index contributed by atoms with van der Waals surface area (Å²) in [6.45, 7) is 7.55. The van der Waals surface area contributed by atoms with Crippen LogP contribution in [0.15, 0.2) is 23.1 Å². The van der Waals surface area contributed by atoms with Gasteiger partial charge in [0.15, 0.2) is 0 Å². The zero-order valence-electron chi connectivity index (χ0n) is 13.9. The van der Waals surface area contributed by atoms with Gasteiger partial charge >= 0.3 is 0 Å². The minimum Gasteiger partial charge on any atom is -0.312 e. The van der Waals surface area contributed by atoms with Crippen molar-refractivity contribution in [3.05, 3.63) is 23.8 Å². The lowest BCUT2D eigenvalue weighted by molar-refractivity contribution is -0.116. The molecule has 0 N–H and O–H groups in total. The fraction of sp³-hybridized carbons (Fsp3) is 0.588. The lowest BCUT2D eigenvalue weighted by Gasteiger charge is -2.34. The Bertz CT molecular complexity index is 719. The molecule has 0 aliphatic carbocycles. The van der Waals surface area contributed by atoms with E-state index in [0.717, 1.165) is 17.7 Å². The molecule has 2 heterocycles. The zero-order chi connectivity index (χ0) is 16.8. The Hall–Kier alpha value is -1.40. The highest BCUT2D eigenvalue weighted by Gasteiger charge is 2.33. The molecule has 2 aliphatic rings. The van der Waals surface area contributed by atoms with E-state index in [4.69, 9.17) is 0 Å². The van der Waals surface area contributed by atoms with Crippen LogP contribution in [0.2, 0.25) is 0 Å². The minimum absolute atomic E-state index is 0.00182. The molecule has 0 bridgehead atoms. The van der Waals surface area contributed by atoms with Crippen molar-refractivity contribution in [3.8, 4) is 0 Å². The van der Waals surface area contributed by atoms with Crippen LogP contribution in [0.1, 0.15) is 32.8 Å². The van der Waals surface area contributed by atoms with Crippen LogP contribution in [0.3, 0.4) is 0 Å². The van der Waals surface area contributed by atoms with Gasteiger partial charge in [-0.2, -0.15) is 4.31 Å². The van der Waals surface area contributed by atoms with E-state index in [1.807, 2.05) is 0 Å². The topological polar surface area (TPSA) is 57.7 Å². The van der Waals surface area contributed by atoms with Crippen molar-refractivity contribution >= 4 is 21.6 Å². The molecule has 1 aromatic rings. The molecule has 3 rings (SSSR count). The van der Waals surface area contributed by atoms with Gasteiger partial charge in [-0.25, -0.2) is 8.42 Å². The average molecular weight is 336 g/mol. The number of nitrogens with zero attached hydrogens (tertiary/aromatic N) is 2. The summed E-state index contributed by atoms with van der Waals surface area (Å²) >= 11 is 0. The largest absolute Gasteiger partial charge is 0.312 e. The van der Waals surface area contributed by atoms with Crippen LogP contribution in [0.25, 0.3) is 0 Å². The first-order chi connectivity index (χ1) is 10.8. The summed E-state index contributed by atoms with van der Waals surface area (Å²) in [4.78, 5) is 13.7. The fourth-order valence-corrected chi connectivity index (χ4v) is 5.55. The van der Waals surface area contributed by atoms with Crippen molar-refractivity contribution in [3.63, 3.8) is 0 Å². The standard InChI is InChI=1S/C17H24N2O3S/c1-12-8-13(2)11-18(10-12)23(21,22)16-4-5-17-15(9-16)6-7-19(17)14(3)20/h4-5,9,12-13H,6-8,10-11H2,1-3H3/t12-,13-/m0/s1. The third-order valence-corrected chi connectivity index (χ3v) is 6.63. The highest BCUT2D eigenvalue weighted by Crippen LogP contribution is 2.32. The number of hydrogen-bond acceptors (Lipinski definition) is 3. The predicted octanol–water partition coefficient (Wildman–Crippen LogP) is 2.26. The smallest absolute Gasteiger partial charge is 0.243 e. The van der Waals surface area contributed by atoms with Crippen LogP contribution < -0.4 is 4.90 Å². The molecular formula is C17H24N2O3S. The molecular weight excluding hydrogens is 312 g/mol. The van der Waals surface area contributed by atoms with Crippen LogP contribution in [0.5, 0.6) is 0 Å². The van der Waals surface area contributed by atoms with Crippen LogP contribution in [0.4, 0.5) is 5.69 Å². The second kappa shape index (κ2) is 5.91. The molecule has 1 fully saturated rings. The number of anilines is 1. The summed E-state index contributed by atoms with van der Waals surface area (Å²) < 4.78 is 27.5. The Morgan fingerprint density at radius 1 is 1.17 bits per heavy atom. The van der Waals surface area contributed by atoms with Crippen LogP contribution >= 0.6 is 0 Å². The SMILES string of the molecule is CC(=O)N1CCc2cc(S(=O)(=O)N3C[C@@H](C)C[C@H](C)C3)ccc21. The highest BCUT2D eigenvalue weighted by atomic mass is 32.2. The molecule has 0 aromatic heterocycles. The number of amides is 1. The maximum atomic E-state index is 12.9. The average Bonchev–Trinajstić information content (AvgIpc) is 2.89. The molecule has 5 nitrogen and oxygen atoms in total. The first-order valence-corrected chi connectivity index (χ1v) is 9.64. The highest BCUT2D eigenvalue weighted by molar-refractivity contribution is 7.89. The zero-order valence-corrected chi connectivity index (χ0v) is 14.8. The van der Waals surface area contributed by atoms with Gasteiger partial charge in [-0.15, -0.1) is 0 Å². The number of fused-ring (bicyclic) bond motifs is 1. The Morgan fingerprint density at radius 2 is 1.83 bits per heavy atom. The number of sulfonamides is 1. The summed E-state index contributed by atoms with van der Waals surface area (Å²) in [5.74, 6) is 0.769. The van der Waals surface area contributed by atoms with E-state index < -0.39 is 10.0 Å². The molecule has 23 heavy (non-hydrogen) atoms. The monoisotopic (exact) mass is 336 g/mol. The normalized spacial score (nSPS) is 25.4. The number of hydrogen-bond donors (Lipinski definition) is 0. The van der Waals surface area contributed by atoms with E-state index in [1.54, 1.807) is 27.4 Å². The Labute approximate surface area is 138 Å². The van der Waals surface area contributed by atoms with Gasteiger partial charge in [0.1, 0.15) is 0 Å². The van der Waals surface area contributed by atoms with E-state index in [2.05, 4.69) is 13.8 Å². The van der Waals surface area contributed by atoms with Crippen molar-refractivity contribution in [1.82, 2.24) is 4.31 Å². The second-order valence-electron chi connectivity index (χ2n) is 6.98. The maximum absolute atomic E-state index is 12.9. The molecule has 0 unspecified atom stereocenters. The summed E-state index contributed by atoms with van der Waals surface area (Å²) in [5.41, 5.74) is 1.79. The molecule has 0 radical (unpaired) electrons. The number of piperidine rings is 1. The summed E-state index contributed by atoms with van der Waals surface area (Å²) in [5, 5.41) is 0. The van der Waals surface area contributed by atoms with Gasteiger partial charge in [0.05, 0.1) is 4.90 Å². The molecule has 2 atom stereocenters. The molecule has 6 heteroatoms. The van der Waals surface area contributed by atoms with Gasteiger partial charge < -0.3 is 4.90 Å². The van der Waals surface area contributed by atoms with Gasteiger partial charge in [-0.3, -0.25) is 4.79 Å². The van der Waals surface area contributed by atoms with Crippen molar-refractivity contribution < 1.29 is 13.2 Å². The number of rotatable bonds is 2. The van der Waals surface area contributed by atoms with E-state index in [0.29, 0.717) is 42.8 Å². The maximum Gasteiger partial charge on any atom is 0.243 e. The minimum atomic E-state index is -3.46. The molecule has 1 amide bonds. The molecule has 2 aliphatic heterocycles. The molecule has 1 saturated heterocycles. The molecule has 1 aromatic carbocycles. The third kappa shape index (κ3) is 3.02. The van der Waals surface area contributed by atoms with Gasteiger partial charge in [0, 0.05) is 32.2 Å². The van der Waals surface area contributed by atoms with E-state index in [-0.39, 0.29) is 5.91 Å². The van der Waals surface area contributed by atoms with Gasteiger partial charge in [0.25, 0.3) is 0 Å². The van der Waals surface area contributed by atoms with E-state index in [9.17, 15) is 13.2 Å². The van der Waals surface area contributed by atoms with Crippen molar-refractivity contribution in [2.45, 2.75) is 38.5 Å². The summed E-state index contributed by atoms with van der Waals surface area (Å²) in [6, 6.07) is 5.16. The van der Waals surface area contributed by atoms with Crippen LogP contribution in [0, 0.1) is 11.8 Å².